The minimum absolute atomic E-state index is 0.134. The zero-order valence-corrected chi connectivity index (χ0v) is 20.5. The number of hydrogen-bond acceptors (Lipinski definition) is 5. The molecule has 1 aromatic heterocycles. The van der Waals surface area contributed by atoms with E-state index in [1.807, 2.05) is 38.1 Å². The van der Waals surface area contributed by atoms with Crippen molar-refractivity contribution >= 4 is 5.91 Å². The average Bonchev–Trinajstić information content (AvgIpc) is 2.84. The number of pyridine rings is 1. The molecule has 2 fully saturated rings. The quantitative estimate of drug-likeness (QED) is 0.644. The van der Waals surface area contributed by atoms with Crippen LogP contribution in [0.15, 0.2) is 35.1 Å². The lowest BCUT2D eigenvalue weighted by molar-refractivity contribution is 0.0361. The Hall–Kier alpha value is -2.64. The predicted molar refractivity (Wildman–Crippen MR) is 133 cm³/mol. The molecule has 1 aliphatic heterocycles. The molecule has 2 aromatic rings. The van der Waals surface area contributed by atoms with Crippen LogP contribution < -0.4 is 15.5 Å². The molecule has 1 aliphatic carbocycles. The summed E-state index contributed by atoms with van der Waals surface area (Å²) in [4.78, 5) is 28.8. The van der Waals surface area contributed by atoms with Gasteiger partial charge in [0.25, 0.3) is 5.91 Å². The molecule has 0 unspecified atom stereocenters. The summed E-state index contributed by atoms with van der Waals surface area (Å²) in [6.45, 7) is 8.89. The normalized spacial score (nSPS) is 17.5. The van der Waals surface area contributed by atoms with Crippen molar-refractivity contribution in [1.29, 1.82) is 0 Å². The summed E-state index contributed by atoms with van der Waals surface area (Å²) in [7, 11) is 0. The summed E-state index contributed by atoms with van der Waals surface area (Å²) in [5, 5.41) is 3.14. The number of amides is 1. The van der Waals surface area contributed by atoms with Gasteiger partial charge >= 0.3 is 0 Å². The third kappa shape index (κ3) is 6.27. The molecular weight excluding hydrogens is 430 g/mol. The number of hydrogen-bond donors (Lipinski definition) is 1. The molecule has 1 N–H and O–H groups in total. The summed E-state index contributed by atoms with van der Waals surface area (Å²) < 4.78 is 13.7. The molecule has 2 aliphatic rings. The molecule has 7 nitrogen and oxygen atoms in total. The molecular formula is C27H37N3O4. The van der Waals surface area contributed by atoms with E-state index in [0.29, 0.717) is 12.2 Å². The second-order valence-corrected chi connectivity index (χ2v) is 9.49. The number of ether oxygens (including phenoxy) is 2. The SMILES string of the molecule is Cc1ccc(OCc2c(C(=O)NC3CCCCC3)c(=O)cc(C)n2CCN2CCOCC2)cc1. The lowest BCUT2D eigenvalue weighted by Crippen LogP contribution is -2.41. The Morgan fingerprint density at radius 2 is 1.76 bits per heavy atom. The molecule has 0 atom stereocenters. The largest absolute Gasteiger partial charge is 0.487 e. The van der Waals surface area contributed by atoms with Gasteiger partial charge in [-0.25, -0.2) is 0 Å². The summed E-state index contributed by atoms with van der Waals surface area (Å²) in [5.74, 6) is 0.442. The van der Waals surface area contributed by atoms with Gasteiger partial charge in [0.05, 0.1) is 18.9 Å². The first kappa shape index (κ1) is 24.5. The van der Waals surface area contributed by atoms with Gasteiger partial charge in [0, 0.05) is 44.0 Å². The molecule has 4 rings (SSSR count). The van der Waals surface area contributed by atoms with Gasteiger partial charge in [-0.2, -0.15) is 0 Å². The van der Waals surface area contributed by atoms with E-state index >= 15 is 0 Å². The molecule has 1 amide bonds. The molecule has 1 aromatic carbocycles. The predicted octanol–water partition coefficient (Wildman–Crippen LogP) is 3.44. The molecule has 2 heterocycles. The highest BCUT2D eigenvalue weighted by Crippen LogP contribution is 2.20. The smallest absolute Gasteiger partial charge is 0.257 e. The highest BCUT2D eigenvalue weighted by Gasteiger charge is 2.24. The summed E-state index contributed by atoms with van der Waals surface area (Å²) >= 11 is 0. The number of nitrogens with zero attached hydrogens (tertiary/aromatic N) is 2. The first-order chi connectivity index (χ1) is 16.5. The zero-order valence-electron chi connectivity index (χ0n) is 20.5. The third-order valence-electron chi connectivity index (χ3n) is 6.93. The Morgan fingerprint density at radius 1 is 1.06 bits per heavy atom. The fourth-order valence-corrected chi connectivity index (χ4v) is 4.89. The Kier molecular flexibility index (Phi) is 8.40. The second kappa shape index (κ2) is 11.7. The van der Waals surface area contributed by atoms with E-state index in [1.165, 1.54) is 6.42 Å². The van der Waals surface area contributed by atoms with Crippen molar-refractivity contribution in [3.63, 3.8) is 0 Å². The number of nitrogens with one attached hydrogen (secondary N) is 1. The minimum Gasteiger partial charge on any atom is -0.487 e. The molecule has 0 radical (unpaired) electrons. The summed E-state index contributed by atoms with van der Waals surface area (Å²) in [5.41, 5.74) is 2.61. The Bertz CT molecular complexity index is 1020. The number of carbonyl (C=O) groups excluding carboxylic acids is 1. The first-order valence-electron chi connectivity index (χ1n) is 12.5. The minimum atomic E-state index is -0.278. The van der Waals surface area contributed by atoms with Crippen molar-refractivity contribution in [2.45, 2.75) is 65.1 Å². The van der Waals surface area contributed by atoms with Gasteiger partial charge in [-0.05, 0) is 38.8 Å². The number of carbonyl (C=O) groups is 1. The van der Waals surface area contributed by atoms with Crippen LogP contribution in [0.2, 0.25) is 0 Å². The highest BCUT2D eigenvalue weighted by molar-refractivity contribution is 5.95. The van der Waals surface area contributed by atoms with Crippen LogP contribution in [-0.2, 0) is 17.9 Å². The van der Waals surface area contributed by atoms with Gasteiger partial charge in [-0.1, -0.05) is 37.0 Å². The Balaban J connectivity index is 1.62. The van der Waals surface area contributed by atoms with Gasteiger partial charge < -0.3 is 19.4 Å². The monoisotopic (exact) mass is 467 g/mol. The molecule has 0 spiro atoms. The second-order valence-electron chi connectivity index (χ2n) is 9.49. The Morgan fingerprint density at radius 3 is 2.47 bits per heavy atom. The van der Waals surface area contributed by atoms with Crippen molar-refractivity contribution in [3.05, 3.63) is 63.1 Å². The molecule has 7 heteroatoms. The topological polar surface area (TPSA) is 72.8 Å². The van der Waals surface area contributed by atoms with Gasteiger partial charge in [0.1, 0.15) is 17.9 Å². The van der Waals surface area contributed by atoms with E-state index in [1.54, 1.807) is 6.07 Å². The van der Waals surface area contributed by atoms with Crippen molar-refractivity contribution in [2.24, 2.45) is 0 Å². The lowest BCUT2D eigenvalue weighted by Gasteiger charge is -2.28. The molecule has 34 heavy (non-hydrogen) atoms. The molecule has 184 valence electrons. The van der Waals surface area contributed by atoms with Gasteiger partial charge in [0.2, 0.25) is 0 Å². The van der Waals surface area contributed by atoms with Crippen LogP contribution >= 0.6 is 0 Å². The van der Waals surface area contributed by atoms with Crippen LogP contribution in [0.5, 0.6) is 5.75 Å². The van der Waals surface area contributed by atoms with Gasteiger partial charge in [0.15, 0.2) is 5.43 Å². The summed E-state index contributed by atoms with van der Waals surface area (Å²) in [6.07, 6.45) is 5.38. The molecule has 1 saturated carbocycles. The fourth-order valence-electron chi connectivity index (χ4n) is 4.89. The number of morpholine rings is 1. The van der Waals surface area contributed by atoms with Crippen molar-refractivity contribution in [1.82, 2.24) is 14.8 Å². The first-order valence-corrected chi connectivity index (χ1v) is 12.5. The average molecular weight is 468 g/mol. The fraction of sp³-hybridized carbons (Fsp3) is 0.556. The number of benzene rings is 1. The number of rotatable bonds is 8. The van der Waals surface area contributed by atoms with Crippen molar-refractivity contribution in [3.8, 4) is 5.75 Å². The van der Waals surface area contributed by atoms with E-state index in [-0.39, 0.29) is 29.5 Å². The lowest BCUT2D eigenvalue weighted by atomic mass is 9.95. The standard InChI is InChI=1S/C27H37N3O4/c1-20-8-10-23(11-9-20)34-19-24-26(27(32)28-22-6-4-3-5-7-22)25(31)18-21(2)30(24)13-12-29-14-16-33-17-15-29/h8-11,18,22H,3-7,12-17,19H2,1-2H3,(H,28,32). The molecule has 1 saturated heterocycles. The van der Waals surface area contributed by atoms with E-state index in [2.05, 4.69) is 14.8 Å². The van der Waals surface area contributed by atoms with Crippen LogP contribution in [-0.4, -0.2) is 54.3 Å². The van der Waals surface area contributed by atoms with E-state index < -0.39 is 0 Å². The third-order valence-corrected chi connectivity index (χ3v) is 6.93. The van der Waals surface area contributed by atoms with E-state index in [4.69, 9.17) is 9.47 Å². The van der Waals surface area contributed by atoms with Gasteiger partial charge in [-0.3, -0.25) is 14.5 Å². The maximum Gasteiger partial charge on any atom is 0.257 e. The van der Waals surface area contributed by atoms with Crippen LogP contribution in [0.1, 0.15) is 59.4 Å². The maximum atomic E-state index is 13.4. The maximum absolute atomic E-state index is 13.4. The van der Waals surface area contributed by atoms with Crippen LogP contribution in [0.4, 0.5) is 0 Å². The van der Waals surface area contributed by atoms with Crippen LogP contribution in [0.25, 0.3) is 0 Å². The molecule has 0 bridgehead atoms. The van der Waals surface area contributed by atoms with Gasteiger partial charge in [-0.15, -0.1) is 0 Å². The number of aromatic nitrogens is 1. The van der Waals surface area contributed by atoms with E-state index in [9.17, 15) is 9.59 Å². The van der Waals surface area contributed by atoms with Crippen LogP contribution in [0.3, 0.4) is 0 Å². The number of aryl methyl sites for hydroxylation is 2. The summed E-state index contributed by atoms with van der Waals surface area (Å²) in [6, 6.07) is 9.55. The van der Waals surface area contributed by atoms with Crippen LogP contribution in [0, 0.1) is 13.8 Å². The highest BCUT2D eigenvalue weighted by atomic mass is 16.5. The van der Waals surface area contributed by atoms with Crippen molar-refractivity contribution in [2.75, 3.05) is 32.8 Å². The van der Waals surface area contributed by atoms with Crippen molar-refractivity contribution < 1.29 is 14.3 Å². The van der Waals surface area contributed by atoms with E-state index in [0.717, 1.165) is 75.5 Å². The Labute approximate surface area is 202 Å². The zero-order chi connectivity index (χ0) is 23.9.